The first-order chi connectivity index (χ1) is 7.18. The summed E-state index contributed by atoms with van der Waals surface area (Å²) >= 11 is 0. The molecule has 3 atom stereocenters. The number of phosphoric ester groups is 1. The van der Waals surface area contributed by atoms with Crippen LogP contribution >= 0.6 is 15.6 Å². The molecule has 0 aliphatic carbocycles. The van der Waals surface area contributed by atoms with Gasteiger partial charge >= 0.3 is 15.6 Å². The minimum Gasteiger partial charge on any atom is -0.373 e. The van der Waals surface area contributed by atoms with Crippen LogP contribution < -0.4 is 0 Å². The van der Waals surface area contributed by atoms with Crippen molar-refractivity contribution in [3.8, 4) is 0 Å². The van der Waals surface area contributed by atoms with Crippen LogP contribution in [0.25, 0.3) is 0 Å². The molecule has 0 spiro atoms. The van der Waals surface area contributed by atoms with Gasteiger partial charge in [0, 0.05) is 0 Å². The van der Waals surface area contributed by atoms with Gasteiger partial charge in [-0.1, -0.05) is 0 Å². The van der Waals surface area contributed by atoms with Crippen LogP contribution in [-0.2, 0) is 22.7 Å². The Hall–Kier alpha value is 0.220. The predicted octanol–water partition coefficient (Wildman–Crippen LogP) is 0.780. The molecule has 0 radical (unpaired) electrons. The fourth-order valence-electron chi connectivity index (χ4n) is 1.34. The zero-order valence-electron chi connectivity index (χ0n) is 8.55. The van der Waals surface area contributed by atoms with Crippen molar-refractivity contribution in [3.63, 3.8) is 0 Å². The molecule has 16 heavy (non-hydrogen) atoms. The van der Waals surface area contributed by atoms with E-state index in [1.54, 1.807) is 0 Å². The molecule has 2 unspecified atom stereocenters. The van der Waals surface area contributed by atoms with Gasteiger partial charge in [0.2, 0.25) is 0 Å². The molecule has 1 aliphatic heterocycles. The highest BCUT2D eigenvalue weighted by Crippen LogP contribution is 2.57. The lowest BCUT2D eigenvalue weighted by Gasteiger charge is -2.15. The van der Waals surface area contributed by atoms with Crippen LogP contribution in [-0.4, -0.2) is 33.5 Å². The van der Waals surface area contributed by atoms with Gasteiger partial charge in [0.15, 0.2) is 0 Å². The summed E-state index contributed by atoms with van der Waals surface area (Å²) in [6.07, 6.45) is 1.17. The third-order valence-electron chi connectivity index (χ3n) is 1.95. The standard InChI is InChI=1S/C6H14O8P2/c1-5-2-3-6(13-5)4-12-16(10,11)14-15(7,8)9/h5-6H,2-4H2,1H3,(H,10,11)(H2,7,8,9)/t5?,6-/m0/s1. The molecule has 0 bridgehead atoms. The summed E-state index contributed by atoms with van der Waals surface area (Å²) in [7, 11) is -9.77. The minimum atomic E-state index is -5.04. The second-order valence-corrected chi connectivity index (χ2v) is 6.31. The monoisotopic (exact) mass is 276 g/mol. The molecule has 0 amide bonds. The lowest BCUT2D eigenvalue weighted by Crippen LogP contribution is -2.15. The first-order valence-electron chi connectivity index (χ1n) is 4.58. The van der Waals surface area contributed by atoms with E-state index in [1.807, 2.05) is 6.92 Å². The van der Waals surface area contributed by atoms with Crippen molar-refractivity contribution in [2.24, 2.45) is 0 Å². The number of rotatable bonds is 5. The topological polar surface area (TPSA) is 123 Å². The van der Waals surface area contributed by atoms with Crippen molar-refractivity contribution in [2.45, 2.75) is 32.0 Å². The lowest BCUT2D eigenvalue weighted by molar-refractivity contribution is 0.0184. The van der Waals surface area contributed by atoms with Crippen LogP contribution in [0.3, 0.4) is 0 Å². The highest BCUT2D eigenvalue weighted by molar-refractivity contribution is 7.60. The molecule has 1 aliphatic rings. The smallest absolute Gasteiger partial charge is 0.373 e. The fourth-order valence-corrected chi connectivity index (χ4v) is 2.96. The van der Waals surface area contributed by atoms with Crippen LogP contribution in [0.1, 0.15) is 19.8 Å². The normalized spacial score (nSPS) is 30.2. The SMILES string of the molecule is CC1CC[C@@H](COP(=O)(O)OP(=O)(O)O)O1. The van der Waals surface area contributed by atoms with Crippen molar-refractivity contribution >= 4 is 15.6 Å². The van der Waals surface area contributed by atoms with Gasteiger partial charge in [-0.2, -0.15) is 4.31 Å². The van der Waals surface area contributed by atoms with Gasteiger partial charge in [-0.15, -0.1) is 0 Å². The largest absolute Gasteiger partial charge is 0.481 e. The highest BCUT2D eigenvalue weighted by atomic mass is 31.3. The molecule has 8 nitrogen and oxygen atoms in total. The van der Waals surface area contributed by atoms with Crippen LogP contribution in [0, 0.1) is 0 Å². The Morgan fingerprint density at radius 2 is 1.94 bits per heavy atom. The molecule has 1 fully saturated rings. The summed E-state index contributed by atoms with van der Waals surface area (Å²) in [4.78, 5) is 25.6. The number of ether oxygens (including phenoxy) is 1. The lowest BCUT2D eigenvalue weighted by atomic mass is 10.2. The van der Waals surface area contributed by atoms with Gasteiger partial charge in [0.1, 0.15) is 0 Å². The molecule has 0 aromatic rings. The van der Waals surface area contributed by atoms with Crippen molar-refractivity contribution in [3.05, 3.63) is 0 Å². The highest BCUT2D eigenvalue weighted by Gasteiger charge is 2.34. The number of hydrogen-bond acceptors (Lipinski definition) is 5. The fraction of sp³-hybridized carbons (Fsp3) is 1.00. The van der Waals surface area contributed by atoms with E-state index in [4.69, 9.17) is 19.4 Å². The van der Waals surface area contributed by atoms with Gasteiger partial charge in [-0.25, -0.2) is 9.13 Å². The van der Waals surface area contributed by atoms with E-state index in [9.17, 15) is 9.13 Å². The molecule has 96 valence electrons. The predicted molar refractivity (Wildman–Crippen MR) is 52.5 cm³/mol. The van der Waals surface area contributed by atoms with Gasteiger partial charge in [0.05, 0.1) is 18.8 Å². The molecular formula is C6H14O8P2. The van der Waals surface area contributed by atoms with E-state index >= 15 is 0 Å². The molecule has 3 N–H and O–H groups in total. The molecular weight excluding hydrogens is 262 g/mol. The summed E-state index contributed by atoms with van der Waals surface area (Å²) < 4.78 is 34.7. The summed E-state index contributed by atoms with van der Waals surface area (Å²) in [5.41, 5.74) is 0. The Kier molecular flexibility index (Phi) is 4.68. The molecule has 0 aromatic heterocycles. The maximum atomic E-state index is 11.0. The van der Waals surface area contributed by atoms with E-state index in [0.717, 1.165) is 6.42 Å². The van der Waals surface area contributed by atoms with E-state index in [0.29, 0.717) is 6.42 Å². The molecule has 1 heterocycles. The maximum Gasteiger partial charge on any atom is 0.481 e. The zero-order valence-corrected chi connectivity index (χ0v) is 10.3. The summed E-state index contributed by atoms with van der Waals surface area (Å²) in [5.74, 6) is 0. The van der Waals surface area contributed by atoms with Crippen molar-refractivity contribution in [1.29, 1.82) is 0 Å². The third kappa shape index (κ3) is 5.52. The van der Waals surface area contributed by atoms with Gasteiger partial charge in [0.25, 0.3) is 0 Å². The Morgan fingerprint density at radius 3 is 2.38 bits per heavy atom. The van der Waals surface area contributed by atoms with Crippen molar-refractivity contribution in [1.82, 2.24) is 0 Å². The van der Waals surface area contributed by atoms with Crippen LogP contribution in [0.2, 0.25) is 0 Å². The van der Waals surface area contributed by atoms with Crippen molar-refractivity contribution < 1.29 is 37.4 Å². The Bertz CT molecular complexity index is 324. The molecule has 0 aromatic carbocycles. The third-order valence-corrected chi connectivity index (χ3v) is 4.10. The first kappa shape index (κ1) is 14.3. The Balaban J connectivity index is 2.36. The average Bonchev–Trinajstić information content (AvgIpc) is 2.44. The van der Waals surface area contributed by atoms with Gasteiger partial charge < -0.3 is 19.4 Å². The van der Waals surface area contributed by atoms with E-state index in [-0.39, 0.29) is 18.8 Å². The van der Waals surface area contributed by atoms with Crippen LogP contribution in [0.5, 0.6) is 0 Å². The minimum absolute atomic E-state index is 0.0504. The Labute approximate surface area is 92.4 Å². The number of hydrogen-bond donors (Lipinski definition) is 3. The second kappa shape index (κ2) is 5.25. The molecule has 0 saturated carbocycles. The zero-order chi connectivity index (χ0) is 12.4. The summed E-state index contributed by atoms with van der Waals surface area (Å²) in [6, 6.07) is 0. The van der Waals surface area contributed by atoms with E-state index in [1.165, 1.54) is 0 Å². The van der Waals surface area contributed by atoms with Gasteiger partial charge in [-0.3, -0.25) is 4.52 Å². The molecule has 1 saturated heterocycles. The molecule has 1 rings (SSSR count). The van der Waals surface area contributed by atoms with Crippen molar-refractivity contribution in [2.75, 3.05) is 6.61 Å². The van der Waals surface area contributed by atoms with Crippen LogP contribution in [0.4, 0.5) is 0 Å². The van der Waals surface area contributed by atoms with Gasteiger partial charge in [-0.05, 0) is 19.8 Å². The Morgan fingerprint density at radius 1 is 1.31 bits per heavy atom. The average molecular weight is 276 g/mol. The van der Waals surface area contributed by atoms with E-state index in [2.05, 4.69) is 8.83 Å². The summed E-state index contributed by atoms with van der Waals surface area (Å²) in [5, 5.41) is 0. The first-order valence-corrected chi connectivity index (χ1v) is 7.60. The quantitative estimate of drug-likeness (QED) is 0.629. The van der Waals surface area contributed by atoms with E-state index < -0.39 is 15.6 Å². The maximum absolute atomic E-state index is 11.0. The van der Waals surface area contributed by atoms with Crippen LogP contribution in [0.15, 0.2) is 0 Å². The number of phosphoric acid groups is 2. The second-order valence-electron chi connectivity index (χ2n) is 3.48. The molecule has 10 heteroatoms. The summed E-state index contributed by atoms with van der Waals surface area (Å²) in [6.45, 7) is 1.61.